The molecule has 0 saturated carbocycles. The molecule has 0 radical (unpaired) electrons. The number of fused-ring (bicyclic) bond motifs is 1. The molecule has 0 aliphatic carbocycles. The van der Waals surface area contributed by atoms with E-state index < -0.39 is 0 Å². The average Bonchev–Trinajstić information content (AvgIpc) is 3.22. The van der Waals surface area contributed by atoms with Crippen LogP contribution in [0.4, 0.5) is 0 Å². The van der Waals surface area contributed by atoms with Crippen molar-refractivity contribution in [2.75, 3.05) is 0 Å². The molecule has 6 nitrogen and oxygen atoms in total. The SMILES string of the molecule is CC(=O)Oc1ccc(/C=c2/sc3nc(/C=C/c4ccc(Cl)cc4)nn3c2=O)cc1. The minimum absolute atomic E-state index is 0.229. The predicted molar refractivity (Wildman–Crippen MR) is 114 cm³/mol. The summed E-state index contributed by atoms with van der Waals surface area (Å²) in [6, 6.07) is 14.3. The fourth-order valence-electron chi connectivity index (χ4n) is 2.61. The van der Waals surface area contributed by atoms with Gasteiger partial charge in [-0.2, -0.15) is 9.50 Å². The van der Waals surface area contributed by atoms with Crippen molar-refractivity contribution >= 4 is 52.1 Å². The van der Waals surface area contributed by atoms with Crippen LogP contribution in [0.5, 0.6) is 5.75 Å². The van der Waals surface area contributed by atoms with E-state index in [-0.39, 0.29) is 11.5 Å². The molecule has 8 heteroatoms. The van der Waals surface area contributed by atoms with Gasteiger partial charge in [-0.05, 0) is 47.5 Å². The zero-order valence-electron chi connectivity index (χ0n) is 15.2. The van der Waals surface area contributed by atoms with Crippen LogP contribution in [-0.2, 0) is 4.79 Å². The second-order valence-electron chi connectivity index (χ2n) is 6.13. The first kappa shape index (κ1) is 19.0. The molecular formula is C21H14ClN3O3S. The van der Waals surface area contributed by atoms with Crippen LogP contribution in [0.3, 0.4) is 0 Å². The predicted octanol–water partition coefficient (Wildman–Crippen LogP) is 3.45. The molecule has 0 atom stereocenters. The molecule has 0 unspecified atom stereocenters. The molecule has 0 aliphatic rings. The average molecular weight is 424 g/mol. The Morgan fingerprint density at radius 1 is 1.07 bits per heavy atom. The number of nitrogens with zero attached hydrogens (tertiary/aromatic N) is 3. The van der Waals surface area contributed by atoms with Gasteiger partial charge >= 0.3 is 5.97 Å². The summed E-state index contributed by atoms with van der Waals surface area (Å²) in [5.74, 6) is 0.535. The lowest BCUT2D eigenvalue weighted by molar-refractivity contribution is -0.131. The van der Waals surface area contributed by atoms with Crippen molar-refractivity contribution < 1.29 is 9.53 Å². The number of carbonyl (C=O) groups is 1. The van der Waals surface area contributed by atoms with Crippen LogP contribution in [0.1, 0.15) is 23.9 Å². The Labute approximate surface area is 174 Å². The van der Waals surface area contributed by atoms with Gasteiger partial charge in [0.15, 0.2) is 5.82 Å². The Hall–Kier alpha value is -3.29. The minimum atomic E-state index is -0.380. The maximum absolute atomic E-state index is 12.6. The Balaban J connectivity index is 1.59. The van der Waals surface area contributed by atoms with E-state index in [4.69, 9.17) is 16.3 Å². The van der Waals surface area contributed by atoms with Crippen LogP contribution in [0, 0.1) is 0 Å². The number of ether oxygens (including phenoxy) is 1. The number of hydrogen-bond acceptors (Lipinski definition) is 6. The quantitative estimate of drug-likeness (QED) is 0.371. The zero-order chi connectivity index (χ0) is 20.4. The largest absolute Gasteiger partial charge is 0.427 e. The summed E-state index contributed by atoms with van der Waals surface area (Å²) in [4.78, 5) is 28.5. The van der Waals surface area contributed by atoms with Gasteiger partial charge in [-0.15, -0.1) is 5.10 Å². The number of rotatable bonds is 4. The first-order valence-electron chi connectivity index (χ1n) is 8.61. The smallest absolute Gasteiger partial charge is 0.308 e. The molecule has 0 fully saturated rings. The van der Waals surface area contributed by atoms with E-state index in [0.29, 0.717) is 26.1 Å². The molecule has 0 spiro atoms. The van der Waals surface area contributed by atoms with E-state index >= 15 is 0 Å². The van der Waals surface area contributed by atoms with Crippen LogP contribution in [0.2, 0.25) is 5.02 Å². The number of halogens is 1. The van der Waals surface area contributed by atoms with Gasteiger partial charge in [0.25, 0.3) is 5.56 Å². The van der Waals surface area contributed by atoms with Crippen molar-refractivity contribution in [2.24, 2.45) is 0 Å². The van der Waals surface area contributed by atoms with Gasteiger partial charge < -0.3 is 4.74 Å². The lowest BCUT2D eigenvalue weighted by atomic mass is 10.2. The van der Waals surface area contributed by atoms with Gasteiger partial charge in [0, 0.05) is 11.9 Å². The standard InChI is InChI=1S/C21H14ClN3O3S/c1-13(26)28-17-9-4-15(5-10-17)12-18-20(27)25-21(29-18)23-19(24-25)11-6-14-2-7-16(22)8-3-14/h2-12H,1H3/b11-6+,18-12+. The van der Waals surface area contributed by atoms with E-state index in [1.165, 1.54) is 22.8 Å². The van der Waals surface area contributed by atoms with Gasteiger partial charge in [-0.3, -0.25) is 9.59 Å². The minimum Gasteiger partial charge on any atom is -0.427 e. The molecule has 2 aromatic carbocycles. The maximum Gasteiger partial charge on any atom is 0.308 e. The maximum atomic E-state index is 12.6. The van der Waals surface area contributed by atoms with Crippen LogP contribution in [0.15, 0.2) is 53.3 Å². The van der Waals surface area contributed by atoms with Gasteiger partial charge in [-0.25, -0.2) is 0 Å². The summed E-state index contributed by atoms with van der Waals surface area (Å²) in [5.41, 5.74) is 1.54. The summed E-state index contributed by atoms with van der Waals surface area (Å²) in [6.07, 6.45) is 5.36. The number of benzene rings is 2. The molecule has 4 rings (SSSR count). The van der Waals surface area contributed by atoms with E-state index in [9.17, 15) is 9.59 Å². The summed E-state index contributed by atoms with van der Waals surface area (Å²) >= 11 is 7.14. The van der Waals surface area contributed by atoms with Crippen molar-refractivity contribution in [2.45, 2.75) is 6.92 Å². The van der Waals surface area contributed by atoms with Crippen molar-refractivity contribution in [3.63, 3.8) is 0 Å². The second-order valence-corrected chi connectivity index (χ2v) is 7.57. The highest BCUT2D eigenvalue weighted by Gasteiger charge is 2.09. The van der Waals surface area contributed by atoms with E-state index in [0.717, 1.165) is 11.1 Å². The molecule has 29 heavy (non-hydrogen) atoms. The van der Waals surface area contributed by atoms with Crippen molar-refractivity contribution in [3.8, 4) is 5.75 Å². The molecule has 4 aromatic rings. The van der Waals surface area contributed by atoms with Crippen LogP contribution in [0.25, 0.3) is 23.2 Å². The molecule has 0 amide bonds. The van der Waals surface area contributed by atoms with Crippen LogP contribution >= 0.6 is 22.9 Å². The molecule has 0 aliphatic heterocycles. The first-order chi connectivity index (χ1) is 14.0. The van der Waals surface area contributed by atoms with Crippen LogP contribution < -0.4 is 14.8 Å². The second kappa shape index (κ2) is 7.98. The highest BCUT2D eigenvalue weighted by Crippen LogP contribution is 2.14. The van der Waals surface area contributed by atoms with Crippen molar-refractivity contribution in [3.05, 3.63) is 85.4 Å². The Bertz CT molecular complexity index is 1320. The third kappa shape index (κ3) is 4.42. The van der Waals surface area contributed by atoms with Gasteiger partial charge in [0.05, 0.1) is 4.53 Å². The third-order valence-electron chi connectivity index (χ3n) is 3.93. The third-order valence-corrected chi connectivity index (χ3v) is 5.14. The summed E-state index contributed by atoms with van der Waals surface area (Å²) < 4.78 is 6.82. The lowest BCUT2D eigenvalue weighted by Gasteiger charge is -2.00. The monoisotopic (exact) mass is 423 g/mol. The summed E-state index contributed by atoms with van der Waals surface area (Å²) in [5, 5.41) is 4.94. The molecule has 144 valence electrons. The first-order valence-corrected chi connectivity index (χ1v) is 9.81. The molecule has 2 heterocycles. The van der Waals surface area contributed by atoms with E-state index in [1.54, 1.807) is 48.6 Å². The highest BCUT2D eigenvalue weighted by atomic mass is 35.5. The molecule has 0 N–H and O–H groups in total. The normalized spacial score (nSPS) is 12.1. The van der Waals surface area contributed by atoms with Gasteiger partial charge in [-0.1, -0.05) is 53.3 Å². The fourth-order valence-corrected chi connectivity index (χ4v) is 3.65. The van der Waals surface area contributed by atoms with Gasteiger partial charge in [0.2, 0.25) is 4.96 Å². The van der Waals surface area contributed by atoms with Gasteiger partial charge in [0.1, 0.15) is 5.75 Å². The van der Waals surface area contributed by atoms with Crippen molar-refractivity contribution in [1.29, 1.82) is 0 Å². The molecule has 0 saturated heterocycles. The van der Waals surface area contributed by atoms with E-state index in [1.807, 2.05) is 18.2 Å². The Morgan fingerprint density at radius 3 is 2.41 bits per heavy atom. The van der Waals surface area contributed by atoms with Crippen molar-refractivity contribution in [1.82, 2.24) is 14.6 Å². The fraction of sp³-hybridized carbons (Fsp3) is 0.0476. The zero-order valence-corrected chi connectivity index (χ0v) is 16.8. The number of hydrogen-bond donors (Lipinski definition) is 0. The lowest BCUT2D eigenvalue weighted by Crippen LogP contribution is -2.23. The highest BCUT2D eigenvalue weighted by molar-refractivity contribution is 7.15. The van der Waals surface area contributed by atoms with E-state index in [2.05, 4.69) is 10.1 Å². The number of carbonyl (C=O) groups excluding carboxylic acids is 1. The molecule has 0 bridgehead atoms. The van der Waals surface area contributed by atoms with Crippen LogP contribution in [-0.4, -0.2) is 20.6 Å². The Morgan fingerprint density at radius 2 is 1.76 bits per heavy atom. The number of aromatic nitrogens is 3. The molecular weight excluding hydrogens is 410 g/mol. The number of esters is 1. The topological polar surface area (TPSA) is 73.6 Å². The molecule has 2 aromatic heterocycles. The summed E-state index contributed by atoms with van der Waals surface area (Å²) in [6.45, 7) is 1.34. The Kier molecular flexibility index (Phi) is 5.24. The summed E-state index contributed by atoms with van der Waals surface area (Å²) in [7, 11) is 0. The number of thiazole rings is 1.